The molecule has 0 atom stereocenters. The van der Waals surface area contributed by atoms with E-state index in [9.17, 15) is 10.1 Å². The molecule has 2 aromatic rings. The van der Waals surface area contributed by atoms with Crippen LogP contribution in [-0.2, 0) is 0 Å². The molecule has 1 fully saturated rings. The molecule has 0 bridgehead atoms. The number of anilines is 3. The van der Waals surface area contributed by atoms with E-state index in [1.165, 1.54) is 6.33 Å². The molecule has 2 heterocycles. The molecular weight excluding hydrogens is 306 g/mol. The van der Waals surface area contributed by atoms with Crippen molar-refractivity contribution in [1.29, 1.82) is 0 Å². The number of nitrogens with zero attached hydrogens (tertiary/aromatic N) is 4. The minimum atomic E-state index is -0.388. The van der Waals surface area contributed by atoms with Gasteiger partial charge in [-0.1, -0.05) is 31.0 Å². The number of benzene rings is 1. The third kappa shape index (κ3) is 3.45. The second-order valence-electron chi connectivity index (χ2n) is 5.99. The average molecular weight is 327 g/mol. The smallest absolute Gasteiger partial charge is 0.351 e. The lowest BCUT2D eigenvalue weighted by atomic mass is 10.2. The van der Waals surface area contributed by atoms with Crippen molar-refractivity contribution in [2.24, 2.45) is 0 Å². The molecule has 0 amide bonds. The van der Waals surface area contributed by atoms with E-state index in [1.54, 1.807) is 0 Å². The van der Waals surface area contributed by atoms with Gasteiger partial charge in [-0.15, -0.1) is 0 Å². The van der Waals surface area contributed by atoms with E-state index in [4.69, 9.17) is 0 Å². The Bertz CT molecular complexity index is 727. The normalized spacial score (nSPS) is 15.0. The predicted octanol–water partition coefficient (Wildman–Crippen LogP) is 3.82. The van der Waals surface area contributed by atoms with E-state index < -0.39 is 0 Å². The van der Waals surface area contributed by atoms with Gasteiger partial charge in [0, 0.05) is 18.8 Å². The Balaban J connectivity index is 1.99. The van der Waals surface area contributed by atoms with Crippen LogP contribution >= 0.6 is 0 Å². The summed E-state index contributed by atoms with van der Waals surface area (Å²) in [7, 11) is 0. The molecule has 0 unspecified atom stereocenters. The van der Waals surface area contributed by atoms with E-state index in [2.05, 4.69) is 15.3 Å². The van der Waals surface area contributed by atoms with Crippen LogP contribution in [0.2, 0.25) is 0 Å². The van der Waals surface area contributed by atoms with Crippen LogP contribution in [0.4, 0.5) is 23.0 Å². The molecule has 1 saturated heterocycles. The van der Waals surface area contributed by atoms with Gasteiger partial charge in [0.15, 0.2) is 0 Å². The number of para-hydroxylation sites is 1. The monoisotopic (exact) mass is 327 g/mol. The molecule has 1 N–H and O–H groups in total. The first kappa shape index (κ1) is 16.2. The second-order valence-corrected chi connectivity index (χ2v) is 5.99. The van der Waals surface area contributed by atoms with Crippen molar-refractivity contribution >= 4 is 23.0 Å². The Labute approximate surface area is 140 Å². The molecular formula is C17H21N5O2. The Morgan fingerprint density at radius 1 is 1.12 bits per heavy atom. The van der Waals surface area contributed by atoms with Crippen LogP contribution in [0.15, 0.2) is 30.6 Å². The second kappa shape index (κ2) is 7.25. The lowest BCUT2D eigenvalue weighted by Gasteiger charge is -2.21. The van der Waals surface area contributed by atoms with Gasteiger partial charge in [-0.2, -0.15) is 0 Å². The Morgan fingerprint density at radius 3 is 2.50 bits per heavy atom. The maximum atomic E-state index is 11.7. The van der Waals surface area contributed by atoms with Crippen LogP contribution in [0.25, 0.3) is 0 Å². The molecule has 126 valence electrons. The first-order valence-corrected chi connectivity index (χ1v) is 8.24. The molecule has 0 aliphatic carbocycles. The third-order valence-corrected chi connectivity index (χ3v) is 4.29. The summed E-state index contributed by atoms with van der Waals surface area (Å²) < 4.78 is 0. The van der Waals surface area contributed by atoms with Gasteiger partial charge < -0.3 is 10.2 Å². The average Bonchev–Trinajstić information content (AvgIpc) is 2.86. The molecule has 1 aromatic heterocycles. The summed E-state index contributed by atoms with van der Waals surface area (Å²) in [5.41, 5.74) is 1.76. The van der Waals surface area contributed by atoms with E-state index >= 15 is 0 Å². The van der Waals surface area contributed by atoms with Crippen LogP contribution in [-0.4, -0.2) is 28.0 Å². The minimum absolute atomic E-state index is 0.0531. The maximum Gasteiger partial charge on any atom is 0.353 e. The quantitative estimate of drug-likeness (QED) is 0.679. The largest absolute Gasteiger partial charge is 0.353 e. The summed E-state index contributed by atoms with van der Waals surface area (Å²) in [4.78, 5) is 21.7. The minimum Gasteiger partial charge on any atom is -0.351 e. The Morgan fingerprint density at radius 2 is 1.83 bits per heavy atom. The van der Waals surface area contributed by atoms with Gasteiger partial charge >= 0.3 is 5.69 Å². The number of hydrogen-bond donors (Lipinski definition) is 1. The number of rotatable bonds is 4. The Kier molecular flexibility index (Phi) is 4.88. The first-order valence-electron chi connectivity index (χ1n) is 8.24. The van der Waals surface area contributed by atoms with Crippen molar-refractivity contribution in [2.45, 2.75) is 32.6 Å². The van der Waals surface area contributed by atoms with E-state index in [0.29, 0.717) is 5.82 Å². The van der Waals surface area contributed by atoms with E-state index in [0.717, 1.165) is 50.0 Å². The summed E-state index contributed by atoms with van der Waals surface area (Å²) in [5.74, 6) is 0.650. The zero-order chi connectivity index (χ0) is 16.9. The highest BCUT2D eigenvalue weighted by Crippen LogP contribution is 2.34. The van der Waals surface area contributed by atoms with Gasteiger partial charge in [-0.25, -0.2) is 9.97 Å². The highest BCUT2D eigenvalue weighted by molar-refractivity contribution is 5.75. The predicted molar refractivity (Wildman–Crippen MR) is 93.8 cm³/mol. The lowest BCUT2D eigenvalue weighted by molar-refractivity contribution is -0.383. The summed E-state index contributed by atoms with van der Waals surface area (Å²) in [6.45, 7) is 3.54. The number of aryl methyl sites for hydroxylation is 1. The van der Waals surface area contributed by atoms with Crippen LogP contribution < -0.4 is 10.2 Å². The van der Waals surface area contributed by atoms with Gasteiger partial charge in [-0.3, -0.25) is 10.1 Å². The van der Waals surface area contributed by atoms with Crippen LogP contribution in [0.1, 0.15) is 31.2 Å². The number of aromatic nitrogens is 2. The first-order chi connectivity index (χ1) is 11.7. The topological polar surface area (TPSA) is 84.2 Å². The van der Waals surface area contributed by atoms with Crippen molar-refractivity contribution in [1.82, 2.24) is 9.97 Å². The van der Waals surface area contributed by atoms with Crippen molar-refractivity contribution in [3.8, 4) is 0 Å². The molecule has 1 aliphatic heterocycles. The molecule has 1 aromatic carbocycles. The standard InChI is InChI=1S/C17H21N5O2/c1-13-8-4-5-9-14(13)20-16-15(22(23)24)17(19-12-18-16)21-10-6-2-3-7-11-21/h4-5,8-9,12H,2-3,6-7,10-11H2,1H3,(H,18,19,20). The summed E-state index contributed by atoms with van der Waals surface area (Å²) >= 11 is 0. The highest BCUT2D eigenvalue weighted by Gasteiger charge is 2.27. The van der Waals surface area contributed by atoms with Gasteiger partial charge in [0.1, 0.15) is 6.33 Å². The molecule has 3 rings (SSSR count). The number of hydrogen-bond acceptors (Lipinski definition) is 6. The zero-order valence-corrected chi connectivity index (χ0v) is 13.7. The number of nitrogens with one attached hydrogen (secondary N) is 1. The van der Waals surface area contributed by atoms with Crippen LogP contribution in [0.5, 0.6) is 0 Å². The van der Waals surface area contributed by atoms with Gasteiger partial charge in [0.05, 0.1) is 4.92 Å². The summed E-state index contributed by atoms with van der Waals surface area (Å²) in [6, 6.07) is 7.65. The van der Waals surface area contributed by atoms with Crippen molar-refractivity contribution in [3.05, 3.63) is 46.3 Å². The SMILES string of the molecule is Cc1ccccc1Nc1ncnc(N2CCCCCC2)c1[N+](=O)[O-]. The van der Waals surface area contributed by atoms with Crippen molar-refractivity contribution in [2.75, 3.05) is 23.3 Å². The molecule has 7 nitrogen and oxygen atoms in total. The zero-order valence-electron chi connectivity index (χ0n) is 13.7. The van der Waals surface area contributed by atoms with Crippen LogP contribution in [0.3, 0.4) is 0 Å². The lowest BCUT2D eigenvalue weighted by Crippen LogP contribution is -2.26. The molecule has 0 radical (unpaired) electrons. The third-order valence-electron chi connectivity index (χ3n) is 4.29. The van der Waals surface area contributed by atoms with Gasteiger partial charge in [0.25, 0.3) is 0 Å². The Hall–Kier alpha value is -2.70. The molecule has 0 saturated carbocycles. The van der Waals surface area contributed by atoms with Gasteiger partial charge in [-0.05, 0) is 31.4 Å². The van der Waals surface area contributed by atoms with Crippen molar-refractivity contribution < 1.29 is 4.92 Å². The maximum absolute atomic E-state index is 11.7. The summed E-state index contributed by atoms with van der Waals surface area (Å²) in [5, 5.41) is 14.8. The molecule has 24 heavy (non-hydrogen) atoms. The molecule has 7 heteroatoms. The molecule has 0 spiro atoms. The van der Waals surface area contributed by atoms with E-state index in [-0.39, 0.29) is 16.4 Å². The highest BCUT2D eigenvalue weighted by atomic mass is 16.6. The fraction of sp³-hybridized carbons (Fsp3) is 0.412. The van der Waals surface area contributed by atoms with Crippen molar-refractivity contribution in [3.63, 3.8) is 0 Å². The molecule has 1 aliphatic rings. The fourth-order valence-electron chi connectivity index (χ4n) is 2.98. The number of nitro groups is 1. The van der Waals surface area contributed by atoms with Gasteiger partial charge in [0.2, 0.25) is 11.6 Å². The summed E-state index contributed by atoms with van der Waals surface area (Å²) in [6.07, 6.45) is 5.77. The fourth-order valence-corrected chi connectivity index (χ4v) is 2.98. The van der Waals surface area contributed by atoms with E-state index in [1.807, 2.05) is 36.1 Å². The van der Waals surface area contributed by atoms with Crippen LogP contribution in [0, 0.1) is 17.0 Å².